The Morgan fingerprint density at radius 1 is 0.929 bits per heavy atom. The standard InChI is InChI=1S/C20H20N2O6/c1-26-16-10-14(11-17(12-16)27-2)8-9-19(24)28-13-18(23)21-22-20(25)15-6-4-3-5-7-15/h3-12H,13H2,1-2H3,(H,21,23)(H,22,25)/b9-8+. The summed E-state index contributed by atoms with van der Waals surface area (Å²) in [6.07, 6.45) is 2.67. The molecule has 0 unspecified atom stereocenters. The van der Waals surface area contributed by atoms with Crippen LogP contribution in [0.4, 0.5) is 0 Å². The molecule has 0 aliphatic heterocycles. The number of amides is 2. The van der Waals surface area contributed by atoms with Crippen molar-refractivity contribution in [2.45, 2.75) is 0 Å². The van der Waals surface area contributed by atoms with Crippen LogP contribution in [0.3, 0.4) is 0 Å². The molecule has 0 fully saturated rings. The van der Waals surface area contributed by atoms with E-state index in [0.717, 1.165) is 0 Å². The molecule has 0 bridgehead atoms. The SMILES string of the molecule is COc1cc(/C=C/C(=O)OCC(=O)NNC(=O)c2ccccc2)cc(OC)c1. The lowest BCUT2D eigenvalue weighted by Crippen LogP contribution is -2.43. The van der Waals surface area contributed by atoms with Crippen LogP contribution >= 0.6 is 0 Å². The van der Waals surface area contributed by atoms with E-state index in [-0.39, 0.29) is 0 Å². The zero-order valence-corrected chi connectivity index (χ0v) is 15.4. The molecule has 2 aromatic rings. The van der Waals surface area contributed by atoms with Crippen molar-refractivity contribution in [2.75, 3.05) is 20.8 Å². The van der Waals surface area contributed by atoms with E-state index in [9.17, 15) is 14.4 Å². The largest absolute Gasteiger partial charge is 0.497 e. The lowest BCUT2D eigenvalue weighted by molar-refractivity contribution is -0.144. The molecule has 0 heterocycles. The average molecular weight is 384 g/mol. The van der Waals surface area contributed by atoms with Crippen LogP contribution in [0.15, 0.2) is 54.6 Å². The molecule has 28 heavy (non-hydrogen) atoms. The number of ether oxygens (including phenoxy) is 3. The van der Waals surface area contributed by atoms with Gasteiger partial charge in [-0.1, -0.05) is 18.2 Å². The molecule has 0 saturated carbocycles. The molecule has 2 rings (SSSR count). The van der Waals surface area contributed by atoms with Crippen molar-refractivity contribution in [1.82, 2.24) is 10.9 Å². The summed E-state index contributed by atoms with van der Waals surface area (Å²) in [6, 6.07) is 13.5. The summed E-state index contributed by atoms with van der Waals surface area (Å²) in [5.74, 6) is -0.727. The highest BCUT2D eigenvalue weighted by atomic mass is 16.5. The van der Waals surface area contributed by atoms with Crippen LogP contribution in [0.25, 0.3) is 6.08 Å². The molecule has 146 valence electrons. The maximum atomic E-state index is 11.8. The molecular weight excluding hydrogens is 364 g/mol. The van der Waals surface area contributed by atoms with E-state index >= 15 is 0 Å². The number of benzene rings is 2. The normalized spacial score (nSPS) is 10.2. The Hall–Kier alpha value is -3.81. The molecule has 2 aromatic carbocycles. The number of nitrogens with one attached hydrogen (secondary N) is 2. The molecule has 0 aliphatic rings. The van der Waals surface area contributed by atoms with Gasteiger partial charge in [-0.05, 0) is 35.9 Å². The van der Waals surface area contributed by atoms with Crippen molar-refractivity contribution in [3.63, 3.8) is 0 Å². The fraction of sp³-hybridized carbons (Fsp3) is 0.150. The fourth-order valence-electron chi connectivity index (χ4n) is 2.10. The third kappa shape index (κ3) is 6.49. The topological polar surface area (TPSA) is 103 Å². The molecule has 0 radical (unpaired) electrons. The van der Waals surface area contributed by atoms with Crippen LogP contribution in [0.5, 0.6) is 11.5 Å². The first-order valence-corrected chi connectivity index (χ1v) is 8.24. The first-order chi connectivity index (χ1) is 13.5. The second-order valence-electron chi connectivity index (χ2n) is 5.46. The second-order valence-corrected chi connectivity index (χ2v) is 5.46. The maximum Gasteiger partial charge on any atom is 0.331 e. The van der Waals surface area contributed by atoms with E-state index in [1.54, 1.807) is 48.5 Å². The molecule has 2 amide bonds. The molecule has 0 atom stereocenters. The Bertz CT molecular complexity index is 842. The van der Waals surface area contributed by atoms with Gasteiger partial charge in [0, 0.05) is 17.7 Å². The molecular formula is C20H20N2O6. The lowest BCUT2D eigenvalue weighted by Gasteiger charge is -2.07. The van der Waals surface area contributed by atoms with Gasteiger partial charge in [0.2, 0.25) is 0 Å². The number of rotatable bonds is 7. The summed E-state index contributed by atoms with van der Waals surface area (Å²) in [7, 11) is 3.04. The van der Waals surface area contributed by atoms with Crippen LogP contribution < -0.4 is 20.3 Å². The third-order valence-corrected chi connectivity index (χ3v) is 3.48. The van der Waals surface area contributed by atoms with E-state index in [1.807, 2.05) is 0 Å². The predicted octanol–water partition coefficient (Wildman–Crippen LogP) is 1.72. The van der Waals surface area contributed by atoms with Gasteiger partial charge < -0.3 is 14.2 Å². The van der Waals surface area contributed by atoms with E-state index in [0.29, 0.717) is 22.6 Å². The molecule has 2 N–H and O–H groups in total. The predicted molar refractivity (Wildman–Crippen MR) is 102 cm³/mol. The molecule has 0 spiro atoms. The van der Waals surface area contributed by atoms with E-state index in [1.165, 1.54) is 26.4 Å². The van der Waals surface area contributed by atoms with Gasteiger partial charge in [0.25, 0.3) is 11.8 Å². The Kier molecular flexibility index (Phi) is 7.59. The van der Waals surface area contributed by atoms with E-state index < -0.39 is 24.4 Å². The van der Waals surface area contributed by atoms with Gasteiger partial charge in [-0.25, -0.2) is 4.79 Å². The van der Waals surface area contributed by atoms with Gasteiger partial charge in [0.15, 0.2) is 6.61 Å². The minimum absolute atomic E-state index is 0.386. The summed E-state index contributed by atoms with van der Waals surface area (Å²) < 4.78 is 15.1. The van der Waals surface area contributed by atoms with Crippen molar-refractivity contribution in [1.29, 1.82) is 0 Å². The van der Waals surface area contributed by atoms with Crippen LogP contribution in [-0.2, 0) is 14.3 Å². The van der Waals surface area contributed by atoms with Crippen LogP contribution in [-0.4, -0.2) is 38.6 Å². The number of hydrazine groups is 1. The van der Waals surface area contributed by atoms with E-state index in [2.05, 4.69) is 10.9 Å². The summed E-state index contributed by atoms with van der Waals surface area (Å²) in [4.78, 5) is 35.2. The molecule has 0 aromatic heterocycles. The van der Waals surface area contributed by atoms with Gasteiger partial charge in [0.05, 0.1) is 14.2 Å². The van der Waals surface area contributed by atoms with Gasteiger partial charge >= 0.3 is 5.97 Å². The monoisotopic (exact) mass is 384 g/mol. The first-order valence-electron chi connectivity index (χ1n) is 8.24. The Balaban J connectivity index is 1.79. The quantitative estimate of drug-likeness (QED) is 0.428. The van der Waals surface area contributed by atoms with Crippen molar-refractivity contribution >= 4 is 23.9 Å². The summed E-state index contributed by atoms with van der Waals surface area (Å²) in [5, 5.41) is 0. The maximum absolute atomic E-state index is 11.8. The minimum Gasteiger partial charge on any atom is -0.497 e. The number of hydrogen-bond acceptors (Lipinski definition) is 6. The fourth-order valence-corrected chi connectivity index (χ4v) is 2.10. The average Bonchev–Trinajstić information content (AvgIpc) is 2.74. The lowest BCUT2D eigenvalue weighted by atomic mass is 10.2. The third-order valence-electron chi connectivity index (χ3n) is 3.48. The summed E-state index contributed by atoms with van der Waals surface area (Å²) >= 11 is 0. The number of esters is 1. The van der Waals surface area contributed by atoms with Crippen LogP contribution in [0.1, 0.15) is 15.9 Å². The van der Waals surface area contributed by atoms with Gasteiger partial charge in [-0.2, -0.15) is 0 Å². The summed E-state index contributed by atoms with van der Waals surface area (Å²) in [5.41, 5.74) is 5.44. The summed E-state index contributed by atoms with van der Waals surface area (Å²) in [6.45, 7) is -0.542. The number of hydrogen-bond donors (Lipinski definition) is 2. The van der Waals surface area contributed by atoms with Gasteiger partial charge in [-0.3, -0.25) is 20.4 Å². The molecule has 0 aliphatic carbocycles. The Morgan fingerprint density at radius 3 is 2.18 bits per heavy atom. The van der Waals surface area contributed by atoms with Crippen LogP contribution in [0.2, 0.25) is 0 Å². The molecule has 8 nitrogen and oxygen atoms in total. The molecule has 0 saturated heterocycles. The van der Waals surface area contributed by atoms with Crippen molar-refractivity contribution in [3.8, 4) is 11.5 Å². The number of methoxy groups -OCH3 is 2. The highest BCUT2D eigenvalue weighted by Crippen LogP contribution is 2.23. The second kappa shape index (κ2) is 10.4. The van der Waals surface area contributed by atoms with Crippen LogP contribution in [0, 0.1) is 0 Å². The zero-order chi connectivity index (χ0) is 20.4. The highest BCUT2D eigenvalue weighted by molar-refractivity contribution is 5.95. The minimum atomic E-state index is -0.716. The molecule has 8 heteroatoms. The number of carbonyl (C=O) groups is 3. The zero-order valence-electron chi connectivity index (χ0n) is 15.4. The first kappa shape index (κ1) is 20.5. The number of carbonyl (C=O) groups excluding carboxylic acids is 3. The highest BCUT2D eigenvalue weighted by Gasteiger charge is 2.08. The Labute approximate surface area is 162 Å². The van der Waals surface area contributed by atoms with Crippen molar-refractivity contribution in [2.24, 2.45) is 0 Å². The van der Waals surface area contributed by atoms with E-state index in [4.69, 9.17) is 14.2 Å². The van der Waals surface area contributed by atoms with Crippen molar-refractivity contribution in [3.05, 3.63) is 65.7 Å². The van der Waals surface area contributed by atoms with Gasteiger partial charge in [-0.15, -0.1) is 0 Å². The van der Waals surface area contributed by atoms with Crippen molar-refractivity contribution < 1.29 is 28.6 Å². The van der Waals surface area contributed by atoms with Gasteiger partial charge in [0.1, 0.15) is 11.5 Å². The smallest absolute Gasteiger partial charge is 0.331 e. The Morgan fingerprint density at radius 2 is 1.57 bits per heavy atom.